The zero-order chi connectivity index (χ0) is 21.0. The number of amides is 4. The van der Waals surface area contributed by atoms with Crippen LogP contribution in [0.3, 0.4) is 0 Å². The van der Waals surface area contributed by atoms with Crippen LogP contribution in [0.1, 0.15) is 24.5 Å². The average Bonchev–Trinajstić information content (AvgIpc) is 2.98. The van der Waals surface area contributed by atoms with E-state index in [1.165, 1.54) is 13.2 Å². The van der Waals surface area contributed by atoms with Crippen LogP contribution in [0.5, 0.6) is 5.75 Å². The van der Waals surface area contributed by atoms with Crippen molar-refractivity contribution in [3.05, 3.63) is 65.5 Å². The van der Waals surface area contributed by atoms with Crippen molar-refractivity contribution in [2.45, 2.75) is 25.4 Å². The van der Waals surface area contributed by atoms with Gasteiger partial charge in [-0.1, -0.05) is 37.3 Å². The molecule has 1 heterocycles. The van der Waals surface area contributed by atoms with Gasteiger partial charge < -0.3 is 15.4 Å². The number of hydrogen-bond acceptors (Lipinski definition) is 4. The lowest BCUT2D eigenvalue weighted by molar-refractivity contribution is -0.135. The van der Waals surface area contributed by atoms with Crippen LogP contribution in [0.25, 0.3) is 0 Å². The summed E-state index contributed by atoms with van der Waals surface area (Å²) in [4.78, 5) is 38.7. The fourth-order valence-corrected chi connectivity index (χ4v) is 3.32. The fraction of sp³-hybridized carbons (Fsp3) is 0.286. The molecule has 1 saturated heterocycles. The normalized spacial score (nSPS) is 18.5. The quantitative estimate of drug-likeness (QED) is 0.700. The standard InChI is InChI=1S/C21H22FN3O4/c1-3-21(15-8-10-16(29-2)11-9-15)19(27)25(20(28)24-21)13-18(26)23-12-14-6-4-5-7-17(14)22/h4-11H,3,12-13H2,1-2H3,(H,23,26)(H,24,28)/t21-/m1/s1. The molecule has 8 heteroatoms. The van der Waals surface area contributed by atoms with E-state index in [0.717, 1.165) is 4.90 Å². The minimum absolute atomic E-state index is 0.0352. The van der Waals surface area contributed by atoms with Crippen LogP contribution in [-0.4, -0.2) is 36.4 Å². The molecule has 29 heavy (non-hydrogen) atoms. The summed E-state index contributed by atoms with van der Waals surface area (Å²) in [6.07, 6.45) is 0.317. The van der Waals surface area contributed by atoms with E-state index in [0.29, 0.717) is 23.3 Å². The SMILES string of the molecule is CC[C@]1(c2ccc(OC)cc2)NC(=O)N(CC(=O)NCc2ccccc2F)C1=O. The molecule has 1 atom stereocenters. The number of benzene rings is 2. The minimum Gasteiger partial charge on any atom is -0.497 e. The molecule has 0 aliphatic carbocycles. The second kappa shape index (κ2) is 8.30. The van der Waals surface area contributed by atoms with Gasteiger partial charge >= 0.3 is 6.03 Å². The highest BCUT2D eigenvalue weighted by atomic mass is 19.1. The molecular weight excluding hydrogens is 377 g/mol. The molecule has 2 aromatic carbocycles. The number of ether oxygens (including phenoxy) is 1. The molecule has 0 unspecified atom stereocenters. The molecule has 1 fully saturated rings. The van der Waals surface area contributed by atoms with Crippen LogP contribution >= 0.6 is 0 Å². The Labute approximate surface area is 167 Å². The van der Waals surface area contributed by atoms with Gasteiger partial charge in [0.15, 0.2) is 0 Å². The van der Waals surface area contributed by atoms with Crippen molar-refractivity contribution >= 4 is 17.8 Å². The smallest absolute Gasteiger partial charge is 0.325 e. The van der Waals surface area contributed by atoms with Gasteiger partial charge in [0.1, 0.15) is 23.7 Å². The third-order valence-electron chi connectivity index (χ3n) is 5.02. The van der Waals surface area contributed by atoms with Crippen LogP contribution in [0.15, 0.2) is 48.5 Å². The predicted molar refractivity (Wildman–Crippen MR) is 103 cm³/mol. The molecule has 0 bridgehead atoms. The number of hydrogen-bond donors (Lipinski definition) is 2. The lowest BCUT2D eigenvalue weighted by Gasteiger charge is -2.26. The number of imide groups is 1. The van der Waals surface area contributed by atoms with Gasteiger partial charge in [0, 0.05) is 12.1 Å². The monoisotopic (exact) mass is 399 g/mol. The van der Waals surface area contributed by atoms with E-state index in [4.69, 9.17) is 4.74 Å². The van der Waals surface area contributed by atoms with Gasteiger partial charge in [-0.3, -0.25) is 14.5 Å². The maximum absolute atomic E-state index is 13.7. The highest BCUT2D eigenvalue weighted by molar-refractivity contribution is 6.09. The van der Waals surface area contributed by atoms with Gasteiger partial charge in [0.2, 0.25) is 5.91 Å². The largest absolute Gasteiger partial charge is 0.497 e. The summed E-state index contributed by atoms with van der Waals surface area (Å²) in [6, 6.07) is 12.2. The van der Waals surface area contributed by atoms with Crippen LogP contribution in [0, 0.1) is 5.82 Å². The van der Waals surface area contributed by atoms with E-state index < -0.39 is 35.7 Å². The van der Waals surface area contributed by atoms with Crippen molar-refractivity contribution in [2.75, 3.05) is 13.7 Å². The zero-order valence-electron chi connectivity index (χ0n) is 16.2. The lowest BCUT2D eigenvalue weighted by atomic mass is 9.87. The molecule has 1 aliphatic rings. The molecule has 1 aliphatic heterocycles. The highest BCUT2D eigenvalue weighted by Crippen LogP contribution is 2.33. The van der Waals surface area contributed by atoms with Gasteiger partial charge in [-0.15, -0.1) is 0 Å². The Hall–Kier alpha value is -3.42. The number of carbonyl (C=O) groups is 3. The first-order valence-electron chi connectivity index (χ1n) is 9.20. The Morgan fingerprint density at radius 2 is 1.86 bits per heavy atom. The van der Waals surface area contributed by atoms with Gasteiger partial charge in [-0.25, -0.2) is 9.18 Å². The summed E-state index contributed by atoms with van der Waals surface area (Å²) < 4.78 is 18.8. The van der Waals surface area contributed by atoms with E-state index in [1.54, 1.807) is 49.4 Å². The molecule has 0 aromatic heterocycles. The number of methoxy groups -OCH3 is 1. The van der Waals surface area contributed by atoms with Gasteiger partial charge in [-0.2, -0.15) is 0 Å². The van der Waals surface area contributed by atoms with Crippen molar-refractivity contribution in [3.8, 4) is 5.75 Å². The van der Waals surface area contributed by atoms with Crippen molar-refractivity contribution < 1.29 is 23.5 Å². The maximum atomic E-state index is 13.7. The molecule has 152 valence electrons. The first-order valence-corrected chi connectivity index (χ1v) is 9.20. The van der Waals surface area contributed by atoms with E-state index in [1.807, 2.05) is 0 Å². The van der Waals surface area contributed by atoms with Crippen LogP contribution in [0.4, 0.5) is 9.18 Å². The molecule has 0 radical (unpaired) electrons. The first kappa shape index (κ1) is 20.3. The summed E-state index contributed by atoms with van der Waals surface area (Å²) in [5.74, 6) is -0.872. The number of carbonyl (C=O) groups excluding carboxylic acids is 3. The van der Waals surface area contributed by atoms with Crippen molar-refractivity contribution in [3.63, 3.8) is 0 Å². The number of halogens is 1. The van der Waals surface area contributed by atoms with Gasteiger partial charge in [0.25, 0.3) is 5.91 Å². The molecule has 2 aromatic rings. The van der Waals surface area contributed by atoms with E-state index in [9.17, 15) is 18.8 Å². The molecule has 3 rings (SSSR count). The second-order valence-corrected chi connectivity index (χ2v) is 6.68. The lowest BCUT2D eigenvalue weighted by Crippen LogP contribution is -2.44. The first-order chi connectivity index (χ1) is 13.9. The average molecular weight is 399 g/mol. The Kier molecular flexibility index (Phi) is 5.81. The molecular formula is C21H22FN3O4. The van der Waals surface area contributed by atoms with Crippen molar-refractivity contribution in [2.24, 2.45) is 0 Å². The summed E-state index contributed by atoms with van der Waals surface area (Å²) in [7, 11) is 1.54. The molecule has 7 nitrogen and oxygen atoms in total. The van der Waals surface area contributed by atoms with Crippen LogP contribution in [0.2, 0.25) is 0 Å². The third-order valence-corrected chi connectivity index (χ3v) is 5.02. The number of nitrogens with zero attached hydrogens (tertiary/aromatic N) is 1. The number of rotatable bonds is 7. The van der Waals surface area contributed by atoms with E-state index in [-0.39, 0.29) is 6.54 Å². The minimum atomic E-state index is -1.24. The Bertz CT molecular complexity index is 932. The Balaban J connectivity index is 1.71. The van der Waals surface area contributed by atoms with Crippen molar-refractivity contribution in [1.82, 2.24) is 15.5 Å². The number of nitrogens with one attached hydrogen (secondary N) is 2. The van der Waals surface area contributed by atoms with Crippen LogP contribution in [-0.2, 0) is 21.7 Å². The molecule has 0 saturated carbocycles. The highest BCUT2D eigenvalue weighted by Gasteiger charge is 2.51. The third kappa shape index (κ3) is 3.91. The topological polar surface area (TPSA) is 87.7 Å². The van der Waals surface area contributed by atoms with E-state index >= 15 is 0 Å². The van der Waals surface area contributed by atoms with E-state index in [2.05, 4.69) is 10.6 Å². The Morgan fingerprint density at radius 3 is 2.48 bits per heavy atom. The summed E-state index contributed by atoms with van der Waals surface area (Å²) in [6.45, 7) is 1.30. The fourth-order valence-electron chi connectivity index (χ4n) is 3.32. The van der Waals surface area contributed by atoms with Crippen LogP contribution < -0.4 is 15.4 Å². The summed E-state index contributed by atoms with van der Waals surface area (Å²) in [5.41, 5.74) is -0.317. The Morgan fingerprint density at radius 1 is 1.17 bits per heavy atom. The van der Waals surface area contributed by atoms with Gasteiger partial charge in [0.05, 0.1) is 7.11 Å². The molecule has 2 N–H and O–H groups in total. The molecule has 4 amide bonds. The second-order valence-electron chi connectivity index (χ2n) is 6.68. The van der Waals surface area contributed by atoms with Gasteiger partial charge in [-0.05, 0) is 30.2 Å². The number of urea groups is 1. The zero-order valence-corrected chi connectivity index (χ0v) is 16.2. The van der Waals surface area contributed by atoms with Crippen molar-refractivity contribution in [1.29, 1.82) is 0 Å². The summed E-state index contributed by atoms with van der Waals surface area (Å²) in [5, 5.41) is 5.25. The molecule has 0 spiro atoms. The summed E-state index contributed by atoms with van der Waals surface area (Å²) >= 11 is 0. The maximum Gasteiger partial charge on any atom is 0.325 e. The predicted octanol–water partition coefficient (Wildman–Crippen LogP) is 2.31.